The fraction of sp³-hybridized carbons (Fsp3) is 0.391. The molecule has 4 nitrogen and oxygen atoms in total. The Balaban J connectivity index is 0.00000300. The Labute approximate surface area is 187 Å². The van der Waals surface area contributed by atoms with E-state index in [0.29, 0.717) is 17.1 Å². The molecule has 0 aliphatic carbocycles. The zero-order chi connectivity index (χ0) is 20.7. The SMILES string of the molecule is CC(C)(C)c1cc(C(=O)CSc2[nH]c3ccccc3[nH+]2)cc(C(C)(C)C)c1O.[Br-]. The first-order valence-corrected chi connectivity index (χ1v) is 10.5. The van der Waals surface area contributed by atoms with Crippen molar-refractivity contribution in [3.05, 3.63) is 53.1 Å². The molecule has 0 atom stereocenters. The Hall–Kier alpha value is -1.79. The van der Waals surface area contributed by atoms with Crippen LogP contribution in [0.5, 0.6) is 5.75 Å². The Morgan fingerprint density at radius 2 is 1.59 bits per heavy atom. The predicted octanol–water partition coefficient (Wildman–Crippen LogP) is 2.26. The molecule has 29 heavy (non-hydrogen) atoms. The maximum absolute atomic E-state index is 13.0. The smallest absolute Gasteiger partial charge is 0.314 e. The van der Waals surface area contributed by atoms with E-state index in [1.54, 1.807) is 0 Å². The summed E-state index contributed by atoms with van der Waals surface area (Å²) in [6.07, 6.45) is 0. The molecular formula is C23H29BrN2O2S. The molecular weight excluding hydrogens is 448 g/mol. The van der Waals surface area contributed by atoms with E-state index in [0.717, 1.165) is 27.3 Å². The number of aromatic amines is 2. The molecule has 156 valence electrons. The quantitative estimate of drug-likeness (QED) is 0.448. The summed E-state index contributed by atoms with van der Waals surface area (Å²) in [4.78, 5) is 19.6. The van der Waals surface area contributed by atoms with Crippen molar-refractivity contribution < 1.29 is 31.9 Å². The van der Waals surface area contributed by atoms with Crippen molar-refractivity contribution in [3.8, 4) is 5.75 Å². The van der Waals surface area contributed by atoms with Crippen LogP contribution in [0.3, 0.4) is 0 Å². The lowest BCUT2D eigenvalue weighted by atomic mass is 9.78. The zero-order valence-corrected chi connectivity index (χ0v) is 20.2. The second-order valence-electron chi connectivity index (χ2n) is 9.26. The molecule has 0 radical (unpaired) electrons. The van der Waals surface area contributed by atoms with Crippen LogP contribution in [0.15, 0.2) is 41.6 Å². The summed E-state index contributed by atoms with van der Waals surface area (Å²) in [5, 5.41) is 11.7. The summed E-state index contributed by atoms with van der Waals surface area (Å²) in [5.41, 5.74) is 3.81. The number of aromatic nitrogens is 2. The van der Waals surface area contributed by atoms with Crippen LogP contribution in [0.2, 0.25) is 0 Å². The lowest BCUT2D eigenvalue weighted by Gasteiger charge is -2.28. The van der Waals surface area contributed by atoms with Gasteiger partial charge in [-0.05, 0) is 46.9 Å². The van der Waals surface area contributed by atoms with Crippen molar-refractivity contribution in [2.45, 2.75) is 57.5 Å². The normalized spacial score (nSPS) is 12.1. The zero-order valence-electron chi connectivity index (χ0n) is 17.8. The number of Topliss-reactive ketones (excluding diaryl/α,β-unsaturated/α-hetero) is 1. The summed E-state index contributed by atoms with van der Waals surface area (Å²) in [6, 6.07) is 11.7. The lowest BCUT2D eigenvalue weighted by molar-refractivity contribution is -0.396. The highest BCUT2D eigenvalue weighted by atomic mass is 79.9. The number of fused-ring (bicyclic) bond motifs is 1. The van der Waals surface area contributed by atoms with Gasteiger partial charge in [0.15, 0.2) is 16.8 Å². The van der Waals surface area contributed by atoms with E-state index in [-0.39, 0.29) is 33.6 Å². The summed E-state index contributed by atoms with van der Waals surface area (Å²) in [7, 11) is 0. The van der Waals surface area contributed by atoms with Crippen LogP contribution in [0.4, 0.5) is 0 Å². The molecule has 1 heterocycles. The van der Waals surface area contributed by atoms with Gasteiger partial charge in [0.05, 0.1) is 5.75 Å². The Morgan fingerprint density at radius 1 is 1.03 bits per heavy atom. The molecule has 0 saturated heterocycles. The number of imidazole rings is 1. The number of ketones is 1. The average molecular weight is 477 g/mol. The number of nitrogens with one attached hydrogen (secondary N) is 2. The number of para-hydroxylation sites is 2. The summed E-state index contributed by atoms with van der Waals surface area (Å²) in [6.45, 7) is 12.3. The number of phenols is 1. The number of benzene rings is 2. The van der Waals surface area contributed by atoms with Gasteiger partial charge in [-0.2, -0.15) is 0 Å². The minimum Gasteiger partial charge on any atom is -1.00 e. The minimum absolute atomic E-state index is 0. The molecule has 0 saturated carbocycles. The number of rotatable bonds is 4. The maximum Gasteiger partial charge on any atom is 0.314 e. The third-order valence-corrected chi connectivity index (χ3v) is 5.72. The van der Waals surface area contributed by atoms with Gasteiger partial charge in [-0.3, -0.25) is 4.79 Å². The van der Waals surface area contributed by atoms with Gasteiger partial charge in [0, 0.05) is 16.7 Å². The first-order valence-electron chi connectivity index (χ1n) is 9.51. The summed E-state index contributed by atoms with van der Waals surface area (Å²) >= 11 is 1.46. The van der Waals surface area contributed by atoms with Crippen molar-refractivity contribution in [3.63, 3.8) is 0 Å². The summed E-state index contributed by atoms with van der Waals surface area (Å²) in [5.74, 6) is 0.669. The maximum atomic E-state index is 13.0. The van der Waals surface area contributed by atoms with E-state index in [4.69, 9.17) is 0 Å². The van der Waals surface area contributed by atoms with Crippen LogP contribution >= 0.6 is 11.8 Å². The number of H-pyrrole nitrogens is 2. The fourth-order valence-electron chi connectivity index (χ4n) is 3.21. The van der Waals surface area contributed by atoms with E-state index in [9.17, 15) is 9.90 Å². The van der Waals surface area contributed by atoms with Gasteiger partial charge in [0.25, 0.3) is 0 Å². The van der Waals surface area contributed by atoms with Gasteiger partial charge in [-0.25, -0.2) is 9.97 Å². The number of hydrogen-bond donors (Lipinski definition) is 2. The highest BCUT2D eigenvalue weighted by Gasteiger charge is 2.28. The van der Waals surface area contributed by atoms with Gasteiger partial charge >= 0.3 is 5.16 Å². The third-order valence-electron chi connectivity index (χ3n) is 4.82. The first-order chi connectivity index (χ1) is 13.0. The number of aromatic hydroxyl groups is 1. The first kappa shape index (κ1) is 23.5. The van der Waals surface area contributed by atoms with E-state index in [1.165, 1.54) is 11.8 Å². The molecule has 0 aliphatic heterocycles. The van der Waals surface area contributed by atoms with Gasteiger partial charge < -0.3 is 22.1 Å². The highest BCUT2D eigenvalue weighted by Crippen LogP contribution is 2.40. The molecule has 0 fully saturated rings. The van der Waals surface area contributed by atoms with Gasteiger partial charge in [-0.15, -0.1) is 0 Å². The van der Waals surface area contributed by atoms with Crippen LogP contribution < -0.4 is 22.0 Å². The summed E-state index contributed by atoms with van der Waals surface area (Å²) < 4.78 is 0. The molecule has 0 unspecified atom stereocenters. The van der Waals surface area contributed by atoms with E-state index >= 15 is 0 Å². The van der Waals surface area contributed by atoms with Gasteiger partial charge in [-0.1, -0.05) is 53.7 Å². The Kier molecular flexibility index (Phi) is 6.90. The number of carbonyl (C=O) groups excluding carboxylic acids is 1. The largest absolute Gasteiger partial charge is 1.00 e. The van der Waals surface area contributed by atoms with Crippen LogP contribution in [0.25, 0.3) is 11.0 Å². The van der Waals surface area contributed by atoms with Crippen molar-refractivity contribution >= 4 is 28.6 Å². The lowest BCUT2D eigenvalue weighted by Crippen LogP contribution is -3.00. The Bertz CT molecular complexity index is 961. The van der Waals surface area contributed by atoms with Crippen LogP contribution in [0.1, 0.15) is 63.0 Å². The van der Waals surface area contributed by atoms with Gasteiger partial charge in [0.2, 0.25) is 0 Å². The topological polar surface area (TPSA) is 67.2 Å². The minimum atomic E-state index is -0.252. The number of hydrogen-bond acceptors (Lipinski definition) is 3. The van der Waals surface area contributed by atoms with Crippen LogP contribution in [-0.2, 0) is 10.8 Å². The highest BCUT2D eigenvalue weighted by molar-refractivity contribution is 7.99. The van der Waals surface area contributed by atoms with Crippen molar-refractivity contribution in [2.24, 2.45) is 0 Å². The molecule has 0 amide bonds. The standard InChI is InChI=1S/C23H28N2O2S.BrH/c1-22(2,3)15-11-14(12-16(20(15)27)23(4,5)6)19(26)13-28-21-24-17-9-7-8-10-18(17)25-21;/h7-12,27H,13H2,1-6H3,(H,24,25);1H. The molecule has 3 aromatic rings. The Morgan fingerprint density at radius 3 is 2.10 bits per heavy atom. The number of thioether (sulfide) groups is 1. The fourth-order valence-corrected chi connectivity index (χ4v) is 4.02. The van der Waals surface area contributed by atoms with Crippen LogP contribution in [-0.4, -0.2) is 21.6 Å². The average Bonchev–Trinajstić information content (AvgIpc) is 3.00. The van der Waals surface area contributed by atoms with Gasteiger partial charge in [0.1, 0.15) is 5.75 Å². The molecule has 3 N–H and O–H groups in total. The number of phenolic OH excluding ortho intramolecular Hbond substituents is 1. The predicted molar refractivity (Wildman–Crippen MR) is 115 cm³/mol. The van der Waals surface area contributed by atoms with E-state index in [1.807, 2.05) is 36.4 Å². The van der Waals surface area contributed by atoms with Crippen molar-refractivity contribution in [1.29, 1.82) is 0 Å². The molecule has 2 aromatic carbocycles. The second kappa shape index (κ2) is 8.52. The van der Waals surface area contributed by atoms with Crippen molar-refractivity contribution in [1.82, 2.24) is 4.98 Å². The van der Waals surface area contributed by atoms with Crippen LogP contribution in [0, 0.1) is 0 Å². The third kappa shape index (κ3) is 5.23. The van der Waals surface area contributed by atoms with E-state index in [2.05, 4.69) is 51.5 Å². The van der Waals surface area contributed by atoms with E-state index < -0.39 is 0 Å². The molecule has 3 rings (SSSR count). The molecule has 6 heteroatoms. The number of carbonyl (C=O) groups is 1. The monoisotopic (exact) mass is 476 g/mol. The second-order valence-corrected chi connectivity index (χ2v) is 10.2. The number of halogens is 1. The molecule has 0 spiro atoms. The molecule has 1 aromatic heterocycles. The molecule has 0 aliphatic rings. The van der Waals surface area contributed by atoms with Crippen molar-refractivity contribution in [2.75, 3.05) is 5.75 Å². The molecule has 0 bridgehead atoms.